The maximum absolute atomic E-state index is 12.2. The number of amides is 1. The number of nitrogens with zero attached hydrogens (tertiary/aromatic N) is 2. The van der Waals surface area contributed by atoms with Gasteiger partial charge in [-0.3, -0.25) is 4.79 Å². The van der Waals surface area contributed by atoms with E-state index < -0.39 is 24.8 Å². The molecule has 1 atom stereocenters. The molecule has 1 aromatic carbocycles. The molecule has 1 heterocycles. The number of rotatable bonds is 4. The van der Waals surface area contributed by atoms with Crippen LogP contribution in [0.4, 0.5) is 18.9 Å². The quantitative estimate of drug-likeness (QED) is 0.822. The number of carbonyl (C=O) groups is 1. The van der Waals surface area contributed by atoms with Gasteiger partial charge in [-0.05, 0) is 31.5 Å². The van der Waals surface area contributed by atoms with Gasteiger partial charge in [0.2, 0.25) is 0 Å². The molecule has 1 saturated heterocycles. The summed E-state index contributed by atoms with van der Waals surface area (Å²) in [6, 6.07) is 5.63. The van der Waals surface area contributed by atoms with Gasteiger partial charge in [-0.1, -0.05) is 17.7 Å². The highest BCUT2D eigenvalue weighted by Gasteiger charge is 2.32. The largest absolute Gasteiger partial charge is 0.411 e. The Morgan fingerprint density at radius 2 is 1.92 bits per heavy atom. The van der Waals surface area contributed by atoms with Crippen molar-refractivity contribution in [3.63, 3.8) is 0 Å². The Kier molecular flexibility index (Phi) is 5.98. The highest BCUT2D eigenvalue weighted by atomic mass is 35.5. The van der Waals surface area contributed by atoms with Gasteiger partial charge >= 0.3 is 6.18 Å². The minimum Gasteiger partial charge on any atom is -0.368 e. The van der Waals surface area contributed by atoms with Crippen LogP contribution >= 0.6 is 11.6 Å². The van der Waals surface area contributed by atoms with Gasteiger partial charge in [0.15, 0.2) is 0 Å². The van der Waals surface area contributed by atoms with Crippen molar-refractivity contribution in [1.82, 2.24) is 4.90 Å². The molecule has 0 bridgehead atoms. The Hall–Kier alpha value is -1.47. The third kappa shape index (κ3) is 5.01. The fraction of sp³-hybridized carbons (Fsp3) is 0.562. The summed E-state index contributed by atoms with van der Waals surface area (Å²) < 4.78 is 41.1. The molecule has 8 heteroatoms. The molecule has 0 unspecified atom stereocenters. The molecular weight excluding hydrogens is 345 g/mol. The van der Waals surface area contributed by atoms with Gasteiger partial charge in [-0.15, -0.1) is 0 Å². The zero-order chi connectivity index (χ0) is 17.9. The molecule has 0 aliphatic carbocycles. The molecule has 0 aromatic heterocycles. The lowest BCUT2D eigenvalue weighted by atomic mass is 10.1. The molecule has 1 aromatic rings. The molecule has 2 rings (SSSR count). The number of piperazine rings is 1. The average molecular weight is 365 g/mol. The van der Waals surface area contributed by atoms with Crippen molar-refractivity contribution < 1.29 is 22.7 Å². The minimum absolute atomic E-state index is 0.415. The van der Waals surface area contributed by atoms with E-state index in [1.165, 1.54) is 11.8 Å². The molecule has 24 heavy (non-hydrogen) atoms. The fourth-order valence-electron chi connectivity index (χ4n) is 2.64. The number of hydrogen-bond acceptors (Lipinski definition) is 3. The first-order valence-corrected chi connectivity index (χ1v) is 8.03. The van der Waals surface area contributed by atoms with Crippen molar-refractivity contribution in [3.8, 4) is 0 Å². The summed E-state index contributed by atoms with van der Waals surface area (Å²) in [5.74, 6) is -0.415. The molecule has 1 aliphatic heterocycles. The maximum Gasteiger partial charge on any atom is 0.411 e. The summed E-state index contributed by atoms with van der Waals surface area (Å²) in [5.41, 5.74) is 2.09. The smallest absolute Gasteiger partial charge is 0.368 e. The molecule has 1 aliphatic rings. The van der Waals surface area contributed by atoms with E-state index in [-0.39, 0.29) is 0 Å². The van der Waals surface area contributed by atoms with Crippen molar-refractivity contribution in [3.05, 3.63) is 28.8 Å². The molecule has 0 saturated carbocycles. The third-order valence-electron chi connectivity index (χ3n) is 3.95. The normalized spacial score (nSPS) is 17.1. The second kappa shape index (κ2) is 7.61. The lowest BCUT2D eigenvalue weighted by Crippen LogP contribution is -2.51. The summed E-state index contributed by atoms with van der Waals surface area (Å²) in [6.45, 7) is 3.98. The number of halogens is 4. The summed E-state index contributed by atoms with van der Waals surface area (Å²) in [6.07, 6.45) is -5.54. The van der Waals surface area contributed by atoms with Crippen LogP contribution in [0, 0.1) is 6.92 Å². The van der Waals surface area contributed by atoms with E-state index in [0.29, 0.717) is 31.2 Å². The van der Waals surface area contributed by atoms with Crippen LogP contribution in [0.1, 0.15) is 12.5 Å². The van der Waals surface area contributed by atoms with Crippen molar-refractivity contribution in [2.75, 3.05) is 37.7 Å². The summed E-state index contributed by atoms with van der Waals surface area (Å²) in [4.78, 5) is 15.8. The van der Waals surface area contributed by atoms with Gasteiger partial charge in [-0.25, -0.2) is 0 Å². The SMILES string of the molecule is Cc1ccc(Cl)cc1N1CCN(C(=O)[C@H](C)OCC(F)(F)F)CC1. The van der Waals surface area contributed by atoms with Gasteiger partial charge in [0.1, 0.15) is 12.7 Å². The Morgan fingerprint density at radius 1 is 1.29 bits per heavy atom. The first-order chi connectivity index (χ1) is 11.2. The van der Waals surface area contributed by atoms with Crippen molar-refractivity contribution in [2.45, 2.75) is 26.1 Å². The highest BCUT2D eigenvalue weighted by Crippen LogP contribution is 2.25. The second-order valence-corrected chi connectivity index (χ2v) is 6.25. The first-order valence-electron chi connectivity index (χ1n) is 7.65. The van der Waals surface area contributed by atoms with E-state index in [4.69, 9.17) is 11.6 Å². The number of benzene rings is 1. The molecule has 0 N–H and O–H groups in total. The second-order valence-electron chi connectivity index (χ2n) is 5.81. The molecule has 0 radical (unpaired) electrons. The zero-order valence-corrected chi connectivity index (χ0v) is 14.3. The predicted molar refractivity (Wildman–Crippen MR) is 86.5 cm³/mol. The predicted octanol–water partition coefficient (Wildman–Crippen LogP) is 3.26. The van der Waals surface area contributed by atoms with E-state index in [1.54, 1.807) is 0 Å². The molecule has 134 valence electrons. The minimum atomic E-state index is -4.43. The maximum atomic E-state index is 12.2. The number of hydrogen-bond donors (Lipinski definition) is 0. The van der Waals surface area contributed by atoms with E-state index in [2.05, 4.69) is 9.64 Å². The molecular formula is C16H20ClF3N2O2. The average Bonchev–Trinajstić information content (AvgIpc) is 2.53. The van der Waals surface area contributed by atoms with Crippen molar-refractivity contribution >= 4 is 23.2 Å². The number of aryl methyl sites for hydroxylation is 1. The van der Waals surface area contributed by atoms with Crippen LogP contribution in [0.3, 0.4) is 0 Å². The number of ether oxygens (including phenoxy) is 1. The van der Waals surface area contributed by atoms with Gasteiger partial charge in [-0.2, -0.15) is 13.2 Å². The standard InChI is InChI=1S/C16H20ClF3N2O2/c1-11-3-4-13(17)9-14(11)21-5-7-22(8-6-21)15(23)12(2)24-10-16(18,19)20/h3-4,9,12H,5-8,10H2,1-2H3/t12-/m0/s1. The third-order valence-corrected chi connectivity index (χ3v) is 4.18. The van der Waals surface area contributed by atoms with Crippen molar-refractivity contribution in [1.29, 1.82) is 0 Å². The zero-order valence-electron chi connectivity index (χ0n) is 13.6. The van der Waals surface area contributed by atoms with Gasteiger partial charge in [0, 0.05) is 36.9 Å². The van der Waals surface area contributed by atoms with E-state index >= 15 is 0 Å². The van der Waals surface area contributed by atoms with Gasteiger partial charge in [0.25, 0.3) is 5.91 Å². The van der Waals surface area contributed by atoms with Crippen LogP contribution in [0.15, 0.2) is 18.2 Å². The molecule has 0 spiro atoms. The van der Waals surface area contributed by atoms with Crippen LogP contribution in [-0.4, -0.2) is 55.9 Å². The molecule has 4 nitrogen and oxygen atoms in total. The lowest BCUT2D eigenvalue weighted by Gasteiger charge is -2.37. The van der Waals surface area contributed by atoms with E-state index in [1.807, 2.05) is 25.1 Å². The Morgan fingerprint density at radius 3 is 2.50 bits per heavy atom. The highest BCUT2D eigenvalue weighted by molar-refractivity contribution is 6.30. The van der Waals surface area contributed by atoms with E-state index in [0.717, 1.165) is 11.3 Å². The molecule has 1 fully saturated rings. The Balaban J connectivity index is 1.90. The fourth-order valence-corrected chi connectivity index (χ4v) is 2.81. The topological polar surface area (TPSA) is 32.8 Å². The molecule has 1 amide bonds. The van der Waals surface area contributed by atoms with Crippen LogP contribution in [0.25, 0.3) is 0 Å². The monoisotopic (exact) mass is 364 g/mol. The number of alkyl halides is 3. The Bertz CT molecular complexity index is 587. The van der Waals surface area contributed by atoms with Crippen LogP contribution in [0.5, 0.6) is 0 Å². The summed E-state index contributed by atoms with van der Waals surface area (Å²) >= 11 is 6.03. The van der Waals surface area contributed by atoms with Crippen molar-refractivity contribution in [2.24, 2.45) is 0 Å². The van der Waals surface area contributed by atoms with Crippen LogP contribution in [-0.2, 0) is 9.53 Å². The van der Waals surface area contributed by atoms with E-state index in [9.17, 15) is 18.0 Å². The van der Waals surface area contributed by atoms with Gasteiger partial charge < -0.3 is 14.5 Å². The number of carbonyl (C=O) groups excluding carboxylic acids is 1. The number of anilines is 1. The van der Waals surface area contributed by atoms with Crippen LogP contribution in [0.2, 0.25) is 5.02 Å². The lowest BCUT2D eigenvalue weighted by molar-refractivity contribution is -0.188. The first kappa shape index (κ1) is 18.9. The van der Waals surface area contributed by atoms with Crippen LogP contribution < -0.4 is 4.90 Å². The van der Waals surface area contributed by atoms with Gasteiger partial charge in [0.05, 0.1) is 0 Å². The Labute approximate surface area is 144 Å². The summed E-state index contributed by atoms with van der Waals surface area (Å²) in [7, 11) is 0. The summed E-state index contributed by atoms with van der Waals surface area (Å²) in [5, 5.41) is 0.642.